The number of fused-ring (bicyclic) bond motifs is 3. The highest BCUT2D eigenvalue weighted by molar-refractivity contribution is 7.80. The zero-order valence-corrected chi connectivity index (χ0v) is 8.25. The van der Waals surface area contributed by atoms with Crippen LogP contribution >= 0.6 is 12.6 Å². The zero-order chi connectivity index (χ0) is 9.71. The molecule has 14 heavy (non-hydrogen) atoms. The van der Waals surface area contributed by atoms with Crippen LogP contribution in [0.15, 0.2) is 29.2 Å². The molecule has 1 unspecified atom stereocenters. The average Bonchev–Trinajstić information content (AvgIpc) is 2.60. The van der Waals surface area contributed by atoms with Crippen LogP contribution in [-0.4, -0.2) is 12.1 Å². The van der Waals surface area contributed by atoms with Gasteiger partial charge in [0, 0.05) is 23.0 Å². The van der Waals surface area contributed by atoms with Crippen LogP contribution in [0.5, 0.6) is 0 Å². The van der Waals surface area contributed by atoms with Gasteiger partial charge in [-0.15, -0.1) is 12.6 Å². The van der Waals surface area contributed by atoms with Crippen LogP contribution in [0.1, 0.15) is 11.1 Å². The lowest BCUT2D eigenvalue weighted by atomic mass is 10.1. The van der Waals surface area contributed by atoms with E-state index in [1.165, 1.54) is 5.56 Å². The van der Waals surface area contributed by atoms with Gasteiger partial charge in [0.15, 0.2) is 0 Å². The molecule has 0 spiro atoms. The predicted octanol–water partition coefficient (Wildman–Crippen LogP) is 1.84. The molecule has 0 fully saturated rings. The van der Waals surface area contributed by atoms with Crippen molar-refractivity contribution in [3.05, 3.63) is 35.4 Å². The highest BCUT2D eigenvalue weighted by atomic mass is 32.1. The van der Waals surface area contributed by atoms with Crippen molar-refractivity contribution in [2.45, 2.75) is 17.4 Å². The van der Waals surface area contributed by atoms with Crippen LogP contribution in [-0.2, 0) is 16.0 Å². The number of carbonyl (C=O) groups excluding carboxylic acids is 1. The Morgan fingerprint density at radius 3 is 3.14 bits per heavy atom. The van der Waals surface area contributed by atoms with Gasteiger partial charge in [-0.05, 0) is 17.2 Å². The summed E-state index contributed by atoms with van der Waals surface area (Å²) in [5, 5.41) is 0. The molecule has 3 rings (SSSR count). The van der Waals surface area contributed by atoms with Gasteiger partial charge >= 0.3 is 5.97 Å². The molecule has 3 heteroatoms. The van der Waals surface area contributed by atoms with E-state index in [1.54, 1.807) is 6.08 Å². The number of hydrogen-bond donors (Lipinski definition) is 1. The number of rotatable bonds is 0. The van der Waals surface area contributed by atoms with Gasteiger partial charge in [0.2, 0.25) is 0 Å². The lowest BCUT2D eigenvalue weighted by Gasteiger charge is -2.03. The molecule has 2 nitrogen and oxygen atoms in total. The van der Waals surface area contributed by atoms with E-state index in [9.17, 15) is 4.79 Å². The molecule has 0 N–H and O–H groups in total. The Morgan fingerprint density at radius 1 is 1.43 bits per heavy atom. The molecular formula is C11H8O2S. The maximum Gasteiger partial charge on any atom is 0.331 e. The van der Waals surface area contributed by atoms with Crippen LogP contribution < -0.4 is 0 Å². The van der Waals surface area contributed by atoms with E-state index in [2.05, 4.69) is 18.7 Å². The summed E-state index contributed by atoms with van der Waals surface area (Å²) in [6.07, 6.45) is 2.31. The molecule has 1 aliphatic carbocycles. The summed E-state index contributed by atoms with van der Waals surface area (Å²) < 4.78 is 5.16. The van der Waals surface area contributed by atoms with E-state index in [1.807, 2.05) is 12.1 Å². The van der Waals surface area contributed by atoms with E-state index in [0.29, 0.717) is 0 Å². The fourth-order valence-electron chi connectivity index (χ4n) is 2.13. The first-order valence-electron chi connectivity index (χ1n) is 4.49. The quantitative estimate of drug-likeness (QED) is 0.515. The summed E-state index contributed by atoms with van der Waals surface area (Å²) in [5.41, 5.74) is 3.31. The van der Waals surface area contributed by atoms with Gasteiger partial charge in [-0.2, -0.15) is 0 Å². The van der Waals surface area contributed by atoms with Crippen molar-refractivity contribution in [2.75, 3.05) is 0 Å². The van der Waals surface area contributed by atoms with Crippen LogP contribution in [0.2, 0.25) is 0 Å². The SMILES string of the molecule is O=C1C=C2c3c(S)cccc3CC2O1. The summed E-state index contributed by atoms with van der Waals surface area (Å²) in [6.45, 7) is 0. The molecule has 1 aromatic carbocycles. The smallest absolute Gasteiger partial charge is 0.331 e. The topological polar surface area (TPSA) is 26.3 Å². The zero-order valence-electron chi connectivity index (χ0n) is 7.36. The molecule has 1 aliphatic heterocycles. The summed E-state index contributed by atoms with van der Waals surface area (Å²) >= 11 is 4.39. The van der Waals surface area contributed by atoms with Crippen molar-refractivity contribution in [1.82, 2.24) is 0 Å². The Morgan fingerprint density at radius 2 is 2.29 bits per heavy atom. The van der Waals surface area contributed by atoms with E-state index in [4.69, 9.17) is 4.74 Å². The maximum absolute atomic E-state index is 11.1. The number of ether oxygens (including phenoxy) is 1. The molecule has 0 saturated carbocycles. The molecule has 1 atom stereocenters. The minimum absolute atomic E-state index is 0.0641. The second-order valence-electron chi connectivity index (χ2n) is 3.54. The minimum Gasteiger partial charge on any atom is -0.454 e. The van der Waals surface area contributed by atoms with Gasteiger partial charge in [0.25, 0.3) is 0 Å². The number of esters is 1. The van der Waals surface area contributed by atoms with Gasteiger partial charge in [-0.1, -0.05) is 12.1 Å². The molecule has 1 heterocycles. The molecule has 0 radical (unpaired) electrons. The molecular weight excluding hydrogens is 196 g/mol. The maximum atomic E-state index is 11.1. The highest BCUT2D eigenvalue weighted by Crippen LogP contribution is 2.40. The van der Waals surface area contributed by atoms with Crippen LogP contribution in [0.4, 0.5) is 0 Å². The van der Waals surface area contributed by atoms with E-state index in [-0.39, 0.29) is 12.1 Å². The van der Waals surface area contributed by atoms with Crippen LogP contribution in [0.25, 0.3) is 5.57 Å². The Balaban J connectivity index is 2.24. The molecule has 0 saturated heterocycles. The van der Waals surface area contributed by atoms with Gasteiger partial charge in [-0.3, -0.25) is 0 Å². The molecule has 0 amide bonds. The summed E-state index contributed by atoms with van der Waals surface area (Å²) in [6, 6.07) is 5.97. The van der Waals surface area contributed by atoms with Crippen molar-refractivity contribution >= 4 is 24.2 Å². The third-order valence-electron chi connectivity index (χ3n) is 2.70. The third-order valence-corrected chi connectivity index (χ3v) is 3.07. The van der Waals surface area contributed by atoms with Gasteiger partial charge in [0.1, 0.15) is 6.10 Å². The van der Waals surface area contributed by atoms with Crippen molar-refractivity contribution in [2.24, 2.45) is 0 Å². The second kappa shape index (κ2) is 2.64. The lowest BCUT2D eigenvalue weighted by molar-refractivity contribution is -0.138. The Kier molecular flexibility index (Phi) is 1.53. The average molecular weight is 204 g/mol. The van der Waals surface area contributed by atoms with E-state index < -0.39 is 0 Å². The molecule has 0 bridgehead atoms. The standard InChI is InChI=1S/C11H8O2S/c12-10-5-7-8(13-10)4-6-2-1-3-9(14)11(6)7/h1-3,5,8,14H,4H2. The summed E-state index contributed by atoms with van der Waals surface area (Å²) in [4.78, 5) is 12.0. The number of benzene rings is 1. The monoisotopic (exact) mass is 204 g/mol. The fraction of sp³-hybridized carbons (Fsp3) is 0.182. The van der Waals surface area contributed by atoms with Gasteiger partial charge < -0.3 is 4.74 Å². The normalized spacial score (nSPS) is 22.8. The highest BCUT2D eigenvalue weighted by Gasteiger charge is 2.35. The Labute approximate surface area is 87.0 Å². The van der Waals surface area contributed by atoms with Gasteiger partial charge in [-0.25, -0.2) is 4.79 Å². The van der Waals surface area contributed by atoms with Gasteiger partial charge in [0.05, 0.1) is 0 Å². The van der Waals surface area contributed by atoms with Crippen molar-refractivity contribution in [3.8, 4) is 0 Å². The van der Waals surface area contributed by atoms with E-state index in [0.717, 1.165) is 22.5 Å². The summed E-state index contributed by atoms with van der Waals surface area (Å²) in [7, 11) is 0. The summed E-state index contributed by atoms with van der Waals surface area (Å²) in [5.74, 6) is -0.229. The Bertz CT molecular complexity index is 462. The number of thiol groups is 1. The second-order valence-corrected chi connectivity index (χ2v) is 4.02. The number of carbonyl (C=O) groups is 1. The molecule has 70 valence electrons. The first-order chi connectivity index (χ1) is 6.75. The fourth-order valence-corrected chi connectivity index (χ4v) is 2.49. The number of hydrogen-bond acceptors (Lipinski definition) is 3. The minimum atomic E-state index is -0.229. The third kappa shape index (κ3) is 0.960. The largest absolute Gasteiger partial charge is 0.454 e. The predicted molar refractivity (Wildman–Crippen MR) is 55.3 cm³/mol. The molecule has 2 aliphatic rings. The van der Waals surface area contributed by atoms with Crippen molar-refractivity contribution in [3.63, 3.8) is 0 Å². The molecule has 0 aromatic heterocycles. The lowest BCUT2D eigenvalue weighted by Crippen LogP contribution is -2.08. The van der Waals surface area contributed by atoms with Crippen molar-refractivity contribution < 1.29 is 9.53 Å². The van der Waals surface area contributed by atoms with E-state index >= 15 is 0 Å². The van der Waals surface area contributed by atoms with Crippen LogP contribution in [0.3, 0.4) is 0 Å². The first-order valence-corrected chi connectivity index (χ1v) is 4.94. The van der Waals surface area contributed by atoms with Crippen molar-refractivity contribution in [1.29, 1.82) is 0 Å². The Hall–Kier alpha value is -1.22. The first kappa shape index (κ1) is 8.12. The van der Waals surface area contributed by atoms with Crippen LogP contribution in [0, 0.1) is 0 Å². The molecule has 1 aromatic rings.